The Bertz CT molecular complexity index is 879. The summed E-state index contributed by atoms with van der Waals surface area (Å²) in [4.78, 5) is 7.92. The van der Waals surface area contributed by atoms with Crippen molar-refractivity contribution in [3.63, 3.8) is 0 Å². The number of thiophene rings is 4. The molecule has 0 saturated heterocycles. The minimum absolute atomic E-state index is 0.959. The minimum atomic E-state index is 0.959. The lowest BCUT2D eigenvalue weighted by molar-refractivity contribution is 0.427. The van der Waals surface area contributed by atoms with Crippen LogP contribution in [0.2, 0.25) is 0 Å². The first-order valence-corrected chi connectivity index (χ1v) is 10.0. The third-order valence-electron chi connectivity index (χ3n) is 3.24. The molecule has 0 radical (unpaired) electrons. The second-order valence-electron chi connectivity index (χ2n) is 4.63. The van der Waals surface area contributed by atoms with Gasteiger partial charge in [0.2, 0.25) is 0 Å². The van der Waals surface area contributed by atoms with E-state index in [0.29, 0.717) is 0 Å². The summed E-state index contributed by atoms with van der Waals surface area (Å²) in [5.41, 5.74) is 0. The van der Waals surface area contributed by atoms with Crippen LogP contribution < -0.4 is 4.74 Å². The first-order valence-electron chi connectivity index (χ1n) is 6.71. The van der Waals surface area contributed by atoms with Crippen molar-refractivity contribution in [2.45, 2.75) is 0 Å². The lowest BCUT2D eigenvalue weighted by Gasteiger charge is -1.92. The van der Waals surface area contributed by atoms with E-state index in [1.54, 1.807) is 29.8 Å². The molecule has 4 heterocycles. The topological polar surface area (TPSA) is 9.23 Å². The van der Waals surface area contributed by atoms with Crippen LogP contribution in [0.5, 0.6) is 5.06 Å². The van der Waals surface area contributed by atoms with Gasteiger partial charge in [-0.2, -0.15) is 0 Å². The van der Waals surface area contributed by atoms with E-state index in [1.165, 1.54) is 29.3 Å². The molecule has 0 aliphatic carbocycles. The molecule has 0 bridgehead atoms. The molecule has 0 amide bonds. The Morgan fingerprint density at radius 1 is 0.636 bits per heavy atom. The summed E-state index contributed by atoms with van der Waals surface area (Å²) in [6.07, 6.45) is 0. The lowest BCUT2D eigenvalue weighted by atomic mass is 10.3. The largest absolute Gasteiger partial charge is 0.487 e. The van der Waals surface area contributed by atoms with Gasteiger partial charge >= 0.3 is 0 Å². The van der Waals surface area contributed by atoms with Crippen molar-refractivity contribution in [3.8, 4) is 34.3 Å². The highest BCUT2D eigenvalue weighted by atomic mass is 32.1. The first-order chi connectivity index (χ1) is 10.8. The normalized spacial score (nSPS) is 11.0. The highest BCUT2D eigenvalue weighted by Crippen LogP contribution is 2.43. The van der Waals surface area contributed by atoms with Crippen LogP contribution in [0.25, 0.3) is 29.3 Å². The number of methoxy groups -OCH3 is 1. The van der Waals surface area contributed by atoms with Gasteiger partial charge in [0, 0.05) is 29.3 Å². The van der Waals surface area contributed by atoms with Crippen LogP contribution in [-0.4, -0.2) is 7.11 Å². The molecule has 22 heavy (non-hydrogen) atoms. The fraction of sp³-hybridized carbons (Fsp3) is 0.0588. The summed E-state index contributed by atoms with van der Waals surface area (Å²) < 4.78 is 5.28. The zero-order valence-electron chi connectivity index (χ0n) is 11.7. The number of hydrogen-bond donors (Lipinski definition) is 0. The number of hydrogen-bond acceptors (Lipinski definition) is 5. The molecule has 4 rings (SSSR count). The predicted octanol–water partition coefficient (Wildman–Crippen LogP) is 6.94. The van der Waals surface area contributed by atoms with E-state index in [0.717, 1.165) is 5.06 Å². The Morgan fingerprint density at radius 3 is 1.68 bits per heavy atom. The van der Waals surface area contributed by atoms with E-state index in [1.807, 2.05) is 28.7 Å². The molecule has 110 valence electrons. The molecule has 0 N–H and O–H groups in total. The molecule has 1 nitrogen and oxygen atoms in total. The van der Waals surface area contributed by atoms with Gasteiger partial charge < -0.3 is 4.74 Å². The van der Waals surface area contributed by atoms with Crippen LogP contribution in [0.1, 0.15) is 0 Å². The van der Waals surface area contributed by atoms with Crippen LogP contribution in [-0.2, 0) is 0 Å². The van der Waals surface area contributed by atoms with Gasteiger partial charge in [0.25, 0.3) is 0 Å². The van der Waals surface area contributed by atoms with Crippen molar-refractivity contribution >= 4 is 45.3 Å². The van der Waals surface area contributed by atoms with Gasteiger partial charge in [-0.3, -0.25) is 0 Å². The maximum Gasteiger partial charge on any atom is 0.173 e. The quantitative estimate of drug-likeness (QED) is 0.383. The first kappa shape index (κ1) is 14.2. The van der Waals surface area contributed by atoms with E-state index in [2.05, 4.69) is 47.8 Å². The van der Waals surface area contributed by atoms with Gasteiger partial charge in [-0.25, -0.2) is 0 Å². The predicted molar refractivity (Wildman–Crippen MR) is 101 cm³/mol. The average Bonchev–Trinajstić information content (AvgIpc) is 3.33. The maximum absolute atomic E-state index is 5.28. The van der Waals surface area contributed by atoms with Crippen LogP contribution in [0.4, 0.5) is 0 Å². The summed E-state index contributed by atoms with van der Waals surface area (Å²) in [6, 6.07) is 17.3. The molecule has 0 fully saturated rings. The molecule has 0 unspecified atom stereocenters. The van der Waals surface area contributed by atoms with Crippen LogP contribution in [0.3, 0.4) is 0 Å². The standard InChI is InChI=1S/C17H12OS4/c1-18-17-9-8-16(22-17)15-7-6-14(21-15)13-5-4-12(20-13)11-3-2-10-19-11/h2-10H,1H3. The zero-order valence-corrected chi connectivity index (χ0v) is 15.0. The summed E-state index contributed by atoms with van der Waals surface area (Å²) in [5, 5.41) is 3.09. The van der Waals surface area contributed by atoms with Gasteiger partial charge in [0.05, 0.1) is 7.11 Å². The zero-order chi connectivity index (χ0) is 14.9. The smallest absolute Gasteiger partial charge is 0.173 e. The molecule has 0 aliphatic heterocycles. The van der Waals surface area contributed by atoms with Crippen molar-refractivity contribution < 1.29 is 4.74 Å². The van der Waals surface area contributed by atoms with Crippen molar-refractivity contribution in [1.82, 2.24) is 0 Å². The van der Waals surface area contributed by atoms with Crippen molar-refractivity contribution in [1.29, 1.82) is 0 Å². The number of ether oxygens (including phenoxy) is 1. The maximum atomic E-state index is 5.28. The van der Waals surface area contributed by atoms with Crippen LogP contribution in [0.15, 0.2) is 53.9 Å². The van der Waals surface area contributed by atoms with E-state index in [-0.39, 0.29) is 0 Å². The second kappa shape index (κ2) is 6.01. The van der Waals surface area contributed by atoms with E-state index >= 15 is 0 Å². The fourth-order valence-corrected chi connectivity index (χ4v) is 6.03. The summed E-state index contributed by atoms with van der Waals surface area (Å²) in [7, 11) is 1.72. The van der Waals surface area contributed by atoms with Crippen molar-refractivity contribution in [2.75, 3.05) is 7.11 Å². The van der Waals surface area contributed by atoms with Gasteiger partial charge in [-0.1, -0.05) is 17.4 Å². The molecule has 0 spiro atoms. The molecule has 0 saturated carbocycles. The SMILES string of the molecule is COc1ccc(-c2ccc(-c3ccc(-c4cccs4)s3)s2)s1. The van der Waals surface area contributed by atoms with Crippen molar-refractivity contribution in [3.05, 3.63) is 53.9 Å². The molecule has 5 heteroatoms. The molecule has 0 atom stereocenters. The summed E-state index contributed by atoms with van der Waals surface area (Å²) >= 11 is 7.19. The summed E-state index contributed by atoms with van der Waals surface area (Å²) in [6.45, 7) is 0. The molecule has 4 aromatic rings. The fourth-order valence-electron chi connectivity index (χ4n) is 2.19. The van der Waals surface area contributed by atoms with E-state index < -0.39 is 0 Å². The van der Waals surface area contributed by atoms with Crippen molar-refractivity contribution in [2.24, 2.45) is 0 Å². The van der Waals surface area contributed by atoms with Gasteiger partial charge in [-0.05, 0) is 47.8 Å². The van der Waals surface area contributed by atoms with Crippen LogP contribution in [0, 0.1) is 0 Å². The lowest BCUT2D eigenvalue weighted by Crippen LogP contribution is -1.73. The molecule has 0 aliphatic rings. The third-order valence-corrected chi connectivity index (χ3v) is 7.92. The average molecular weight is 361 g/mol. The Morgan fingerprint density at radius 2 is 1.18 bits per heavy atom. The monoisotopic (exact) mass is 360 g/mol. The van der Waals surface area contributed by atoms with Gasteiger partial charge in [-0.15, -0.1) is 34.0 Å². The Hall–Kier alpha value is -1.40. The molecule has 4 aromatic heterocycles. The Balaban J connectivity index is 1.64. The number of rotatable bonds is 4. The van der Waals surface area contributed by atoms with E-state index in [9.17, 15) is 0 Å². The van der Waals surface area contributed by atoms with Gasteiger partial charge in [0.15, 0.2) is 5.06 Å². The highest BCUT2D eigenvalue weighted by Gasteiger charge is 2.10. The molecule has 0 aromatic carbocycles. The van der Waals surface area contributed by atoms with Gasteiger partial charge in [0.1, 0.15) is 0 Å². The Kier molecular flexibility index (Phi) is 3.88. The molecular weight excluding hydrogens is 348 g/mol. The molecular formula is C17H12OS4. The second-order valence-corrected chi connectivity index (χ2v) is 8.79. The van der Waals surface area contributed by atoms with Crippen LogP contribution >= 0.6 is 45.3 Å². The summed E-state index contributed by atoms with van der Waals surface area (Å²) in [5.74, 6) is 0. The van der Waals surface area contributed by atoms with E-state index in [4.69, 9.17) is 4.74 Å². The Labute approximate surface area is 145 Å². The minimum Gasteiger partial charge on any atom is -0.487 e. The highest BCUT2D eigenvalue weighted by molar-refractivity contribution is 7.28. The third kappa shape index (κ3) is 2.65.